The minimum Gasteiger partial charge on any atom is -0.325 e. The highest BCUT2D eigenvalue weighted by Gasteiger charge is 2.34. The van der Waals surface area contributed by atoms with Gasteiger partial charge in [0.25, 0.3) is 0 Å². The summed E-state index contributed by atoms with van der Waals surface area (Å²) in [6.07, 6.45) is 2.63. The molecule has 1 aromatic rings. The molecule has 0 saturated heterocycles. The second-order valence-electron chi connectivity index (χ2n) is 3.83. The summed E-state index contributed by atoms with van der Waals surface area (Å²) >= 11 is 1.65. The maximum absolute atomic E-state index is 5.50. The normalized spacial score (nSPS) is 25.3. The SMILES string of the molecule is CCC1CC1NCc1csc(CN)n1. The zero-order chi connectivity index (χ0) is 9.97. The Labute approximate surface area is 88.7 Å². The molecule has 0 amide bonds. The molecule has 0 radical (unpaired) electrons. The van der Waals surface area contributed by atoms with Crippen LogP contribution in [0.1, 0.15) is 30.5 Å². The van der Waals surface area contributed by atoms with Gasteiger partial charge in [0.2, 0.25) is 0 Å². The molecule has 0 spiro atoms. The summed E-state index contributed by atoms with van der Waals surface area (Å²) in [7, 11) is 0. The average Bonchev–Trinajstić information content (AvgIpc) is 2.83. The molecule has 1 saturated carbocycles. The average molecular weight is 211 g/mol. The van der Waals surface area contributed by atoms with Gasteiger partial charge in [-0.05, 0) is 12.3 Å². The molecular formula is C10H17N3S. The molecule has 14 heavy (non-hydrogen) atoms. The number of nitrogens with two attached hydrogens (primary N) is 1. The van der Waals surface area contributed by atoms with E-state index < -0.39 is 0 Å². The third-order valence-corrected chi connectivity index (χ3v) is 3.69. The minimum absolute atomic E-state index is 0.561. The van der Waals surface area contributed by atoms with E-state index in [9.17, 15) is 0 Å². The van der Waals surface area contributed by atoms with E-state index in [4.69, 9.17) is 5.73 Å². The molecule has 1 heterocycles. The first-order chi connectivity index (χ1) is 6.83. The number of nitrogens with zero attached hydrogens (tertiary/aromatic N) is 1. The summed E-state index contributed by atoms with van der Waals surface area (Å²) in [5, 5.41) is 6.64. The fourth-order valence-electron chi connectivity index (χ4n) is 1.71. The lowest BCUT2D eigenvalue weighted by Gasteiger charge is -1.99. The zero-order valence-corrected chi connectivity index (χ0v) is 9.31. The van der Waals surface area contributed by atoms with E-state index in [1.165, 1.54) is 12.8 Å². The van der Waals surface area contributed by atoms with Gasteiger partial charge in [0.1, 0.15) is 5.01 Å². The van der Waals surface area contributed by atoms with Gasteiger partial charge in [-0.25, -0.2) is 4.98 Å². The summed E-state index contributed by atoms with van der Waals surface area (Å²) < 4.78 is 0. The molecule has 1 aliphatic carbocycles. The Bertz CT molecular complexity index is 297. The molecule has 3 N–H and O–H groups in total. The van der Waals surface area contributed by atoms with E-state index in [2.05, 4.69) is 22.6 Å². The molecule has 0 aromatic carbocycles. The number of hydrogen-bond donors (Lipinski definition) is 2. The summed E-state index contributed by atoms with van der Waals surface area (Å²) in [4.78, 5) is 4.41. The summed E-state index contributed by atoms with van der Waals surface area (Å²) in [5.41, 5.74) is 6.64. The molecule has 2 atom stereocenters. The Balaban J connectivity index is 1.75. The quantitative estimate of drug-likeness (QED) is 0.776. The lowest BCUT2D eigenvalue weighted by atomic mass is 10.3. The summed E-state index contributed by atoms with van der Waals surface area (Å²) in [6.45, 7) is 3.71. The van der Waals surface area contributed by atoms with E-state index in [1.54, 1.807) is 11.3 Å². The van der Waals surface area contributed by atoms with E-state index >= 15 is 0 Å². The van der Waals surface area contributed by atoms with Crippen molar-refractivity contribution >= 4 is 11.3 Å². The molecule has 2 rings (SSSR count). The Morgan fingerprint density at radius 1 is 1.71 bits per heavy atom. The van der Waals surface area contributed by atoms with Crippen molar-refractivity contribution in [3.63, 3.8) is 0 Å². The van der Waals surface area contributed by atoms with Gasteiger partial charge in [-0.15, -0.1) is 11.3 Å². The smallest absolute Gasteiger partial charge is 0.106 e. The van der Waals surface area contributed by atoms with Gasteiger partial charge < -0.3 is 11.1 Å². The van der Waals surface area contributed by atoms with Crippen LogP contribution in [0.2, 0.25) is 0 Å². The van der Waals surface area contributed by atoms with Crippen molar-refractivity contribution in [3.8, 4) is 0 Å². The second kappa shape index (κ2) is 4.38. The molecule has 0 bridgehead atoms. The van der Waals surface area contributed by atoms with Crippen molar-refractivity contribution < 1.29 is 0 Å². The first kappa shape index (κ1) is 10.1. The Morgan fingerprint density at radius 3 is 3.14 bits per heavy atom. The highest BCUT2D eigenvalue weighted by molar-refractivity contribution is 7.09. The van der Waals surface area contributed by atoms with Gasteiger partial charge in [0.05, 0.1) is 5.69 Å². The van der Waals surface area contributed by atoms with Crippen LogP contribution in [-0.2, 0) is 13.1 Å². The first-order valence-corrected chi connectivity index (χ1v) is 6.08. The number of thiazole rings is 1. The predicted octanol–water partition coefficient (Wildman–Crippen LogP) is 1.49. The second-order valence-corrected chi connectivity index (χ2v) is 4.77. The van der Waals surface area contributed by atoms with Crippen LogP contribution in [-0.4, -0.2) is 11.0 Å². The van der Waals surface area contributed by atoms with Gasteiger partial charge in [0, 0.05) is 24.5 Å². The lowest BCUT2D eigenvalue weighted by molar-refractivity contribution is 0.616. The highest BCUT2D eigenvalue weighted by atomic mass is 32.1. The summed E-state index contributed by atoms with van der Waals surface area (Å²) in [5.74, 6) is 0.905. The first-order valence-electron chi connectivity index (χ1n) is 5.20. The van der Waals surface area contributed by atoms with Crippen molar-refractivity contribution in [2.75, 3.05) is 0 Å². The molecular weight excluding hydrogens is 194 g/mol. The largest absolute Gasteiger partial charge is 0.325 e. The molecule has 2 unspecified atom stereocenters. The van der Waals surface area contributed by atoms with E-state index in [0.717, 1.165) is 29.2 Å². The van der Waals surface area contributed by atoms with Gasteiger partial charge in [0.15, 0.2) is 0 Å². The predicted molar refractivity (Wildman–Crippen MR) is 59.0 cm³/mol. The maximum Gasteiger partial charge on any atom is 0.106 e. The van der Waals surface area contributed by atoms with Gasteiger partial charge in [-0.3, -0.25) is 0 Å². The third-order valence-electron chi connectivity index (χ3n) is 2.77. The van der Waals surface area contributed by atoms with E-state index in [0.29, 0.717) is 6.54 Å². The van der Waals surface area contributed by atoms with Crippen LogP contribution >= 0.6 is 11.3 Å². The van der Waals surface area contributed by atoms with E-state index in [1.807, 2.05) is 0 Å². The fourth-order valence-corrected chi connectivity index (χ4v) is 2.38. The topological polar surface area (TPSA) is 50.9 Å². The standard InChI is InChI=1S/C10H17N3S/c1-2-7-3-9(7)12-5-8-6-14-10(4-11)13-8/h6-7,9,12H,2-5,11H2,1H3. The number of nitrogens with one attached hydrogen (secondary N) is 1. The van der Waals surface area contributed by atoms with Gasteiger partial charge in [-0.1, -0.05) is 13.3 Å². The van der Waals surface area contributed by atoms with Crippen LogP contribution in [0, 0.1) is 5.92 Å². The van der Waals surface area contributed by atoms with Crippen molar-refractivity contribution in [2.45, 2.75) is 38.9 Å². The van der Waals surface area contributed by atoms with Crippen LogP contribution in [0.15, 0.2) is 5.38 Å². The van der Waals surface area contributed by atoms with Crippen molar-refractivity contribution in [1.82, 2.24) is 10.3 Å². The Morgan fingerprint density at radius 2 is 2.57 bits per heavy atom. The molecule has 1 aliphatic rings. The van der Waals surface area contributed by atoms with E-state index in [-0.39, 0.29) is 0 Å². The zero-order valence-electron chi connectivity index (χ0n) is 8.49. The van der Waals surface area contributed by atoms with Crippen LogP contribution in [0.5, 0.6) is 0 Å². The van der Waals surface area contributed by atoms with Crippen LogP contribution in [0.25, 0.3) is 0 Å². The lowest BCUT2D eigenvalue weighted by Crippen LogP contribution is -2.17. The molecule has 3 nitrogen and oxygen atoms in total. The molecule has 4 heteroatoms. The number of rotatable bonds is 5. The summed E-state index contributed by atoms with van der Waals surface area (Å²) in [6, 6.07) is 0.739. The molecule has 0 aliphatic heterocycles. The van der Waals surface area contributed by atoms with Crippen molar-refractivity contribution in [2.24, 2.45) is 11.7 Å². The van der Waals surface area contributed by atoms with Gasteiger partial charge in [-0.2, -0.15) is 0 Å². The van der Waals surface area contributed by atoms with Gasteiger partial charge >= 0.3 is 0 Å². The highest BCUT2D eigenvalue weighted by Crippen LogP contribution is 2.33. The van der Waals surface area contributed by atoms with Crippen molar-refractivity contribution in [1.29, 1.82) is 0 Å². The van der Waals surface area contributed by atoms with Crippen LogP contribution in [0.3, 0.4) is 0 Å². The maximum atomic E-state index is 5.50. The van der Waals surface area contributed by atoms with Crippen LogP contribution < -0.4 is 11.1 Å². The fraction of sp³-hybridized carbons (Fsp3) is 0.700. The molecule has 78 valence electrons. The van der Waals surface area contributed by atoms with Crippen LogP contribution in [0.4, 0.5) is 0 Å². The monoisotopic (exact) mass is 211 g/mol. The van der Waals surface area contributed by atoms with Crippen molar-refractivity contribution in [3.05, 3.63) is 16.1 Å². The number of aromatic nitrogens is 1. The Hall–Kier alpha value is -0.450. The molecule has 1 fully saturated rings. The number of hydrogen-bond acceptors (Lipinski definition) is 4. The minimum atomic E-state index is 0.561. The Kier molecular flexibility index (Phi) is 3.15. The third kappa shape index (κ3) is 2.32. The molecule has 1 aromatic heterocycles.